The normalized spacial score (nSPS) is 20.6. The summed E-state index contributed by atoms with van der Waals surface area (Å²) in [6.07, 6.45) is 0. The van der Waals surface area contributed by atoms with E-state index in [1.165, 1.54) is 21.1 Å². The van der Waals surface area contributed by atoms with E-state index in [1.54, 1.807) is 13.8 Å². The van der Waals surface area contributed by atoms with Gasteiger partial charge in [-0.3, -0.25) is 4.79 Å². The van der Waals surface area contributed by atoms with E-state index in [4.69, 9.17) is 4.52 Å². The van der Waals surface area contributed by atoms with Crippen LogP contribution in [0.1, 0.15) is 45.2 Å². The zero-order valence-corrected chi connectivity index (χ0v) is 24.5. The van der Waals surface area contributed by atoms with Crippen LogP contribution >= 0.6 is 0 Å². The van der Waals surface area contributed by atoms with Gasteiger partial charge in [0.05, 0.1) is 5.92 Å². The van der Waals surface area contributed by atoms with Crippen molar-refractivity contribution in [2.24, 2.45) is 5.92 Å². The minimum atomic E-state index is -3.88. The largest absolute Gasteiger partial charge is 0.368 e. The number of piperazine rings is 1. The summed E-state index contributed by atoms with van der Waals surface area (Å²) in [5.74, 6) is -0.397. The summed E-state index contributed by atoms with van der Waals surface area (Å²) in [6, 6.07) is 12.6. The first-order valence-electron chi connectivity index (χ1n) is 13.6. The zero-order chi connectivity index (χ0) is 28.1. The van der Waals surface area contributed by atoms with Crippen molar-refractivity contribution in [2.45, 2.75) is 52.4 Å². The number of benzene rings is 2. The third kappa shape index (κ3) is 4.98. The molecule has 9 heteroatoms. The topological polar surface area (TPSA) is 87.0 Å². The van der Waals surface area contributed by atoms with Gasteiger partial charge in [-0.25, -0.2) is 8.42 Å². The molecule has 0 spiro atoms. The maximum atomic E-state index is 14.1. The number of aryl methyl sites for hydroxylation is 6. The highest BCUT2D eigenvalue weighted by Gasteiger charge is 2.47. The summed E-state index contributed by atoms with van der Waals surface area (Å²) in [4.78, 5) is 18.5. The van der Waals surface area contributed by atoms with E-state index < -0.39 is 15.9 Å². The van der Waals surface area contributed by atoms with Gasteiger partial charge < -0.3 is 14.3 Å². The van der Waals surface area contributed by atoms with Gasteiger partial charge in [-0.1, -0.05) is 35.5 Å². The number of rotatable bonds is 5. The molecular formula is C30H38N4O4S. The Bertz CT molecular complexity index is 1470. The molecule has 1 unspecified atom stereocenters. The van der Waals surface area contributed by atoms with E-state index in [2.05, 4.69) is 42.1 Å². The van der Waals surface area contributed by atoms with E-state index >= 15 is 0 Å². The average molecular weight is 551 g/mol. The molecule has 2 atom stereocenters. The number of hydrogen-bond donors (Lipinski definition) is 0. The Kier molecular flexibility index (Phi) is 7.33. The molecule has 0 N–H and O–H groups in total. The molecule has 5 rings (SSSR count). The molecule has 3 aromatic rings. The zero-order valence-electron chi connectivity index (χ0n) is 23.7. The van der Waals surface area contributed by atoms with Gasteiger partial charge in [0.15, 0.2) is 5.76 Å². The number of amides is 1. The van der Waals surface area contributed by atoms with Crippen molar-refractivity contribution in [1.29, 1.82) is 0 Å². The van der Waals surface area contributed by atoms with E-state index in [1.807, 2.05) is 36.9 Å². The maximum Gasteiger partial charge on any atom is 0.248 e. The summed E-state index contributed by atoms with van der Waals surface area (Å²) in [5, 5.41) is 3.87. The average Bonchev–Trinajstić information content (AvgIpc) is 3.49. The van der Waals surface area contributed by atoms with Crippen molar-refractivity contribution in [2.75, 3.05) is 44.2 Å². The van der Waals surface area contributed by atoms with Crippen LogP contribution in [0.3, 0.4) is 0 Å². The lowest BCUT2D eigenvalue weighted by Gasteiger charge is -2.38. The van der Waals surface area contributed by atoms with Gasteiger partial charge in [0.2, 0.25) is 15.9 Å². The fourth-order valence-electron chi connectivity index (χ4n) is 6.35. The quantitative estimate of drug-likeness (QED) is 0.471. The van der Waals surface area contributed by atoms with E-state index in [9.17, 15) is 13.2 Å². The fraction of sp³-hybridized carbons (Fsp3) is 0.467. The summed E-state index contributed by atoms with van der Waals surface area (Å²) in [7, 11) is -3.88. The second-order valence-corrected chi connectivity index (χ2v) is 13.0. The molecule has 0 bridgehead atoms. The van der Waals surface area contributed by atoms with Crippen molar-refractivity contribution in [3.8, 4) is 0 Å². The lowest BCUT2D eigenvalue weighted by atomic mass is 9.83. The molecule has 2 aliphatic heterocycles. The van der Waals surface area contributed by atoms with Gasteiger partial charge in [-0.2, -0.15) is 4.31 Å². The number of hydrogen-bond acceptors (Lipinski definition) is 6. The van der Waals surface area contributed by atoms with Gasteiger partial charge >= 0.3 is 0 Å². The number of sulfonamides is 1. The number of carbonyl (C=O) groups is 1. The van der Waals surface area contributed by atoms with Crippen LogP contribution in [-0.4, -0.2) is 68.0 Å². The van der Waals surface area contributed by atoms with Crippen LogP contribution in [0.4, 0.5) is 5.69 Å². The first kappa shape index (κ1) is 27.4. The Morgan fingerprint density at radius 2 is 1.56 bits per heavy atom. The Morgan fingerprint density at radius 3 is 2.18 bits per heavy atom. The van der Waals surface area contributed by atoms with Crippen molar-refractivity contribution >= 4 is 21.6 Å². The minimum absolute atomic E-state index is 0.0275. The van der Waals surface area contributed by atoms with E-state index in [0.29, 0.717) is 18.8 Å². The smallest absolute Gasteiger partial charge is 0.248 e. The summed E-state index contributed by atoms with van der Waals surface area (Å²) in [6.45, 7) is 14.7. The molecular weight excluding hydrogens is 512 g/mol. The van der Waals surface area contributed by atoms with Crippen molar-refractivity contribution in [3.05, 3.63) is 75.7 Å². The van der Waals surface area contributed by atoms with Crippen molar-refractivity contribution < 1.29 is 17.7 Å². The van der Waals surface area contributed by atoms with Crippen LogP contribution in [0.5, 0.6) is 0 Å². The van der Waals surface area contributed by atoms with Crippen LogP contribution in [-0.2, 0) is 14.8 Å². The van der Waals surface area contributed by atoms with E-state index in [-0.39, 0.29) is 35.6 Å². The van der Waals surface area contributed by atoms with Crippen LogP contribution in [0.25, 0.3) is 0 Å². The van der Waals surface area contributed by atoms with Crippen LogP contribution in [0, 0.1) is 47.5 Å². The molecule has 2 aliphatic rings. The molecule has 0 aliphatic carbocycles. The van der Waals surface area contributed by atoms with Gasteiger partial charge in [-0.15, -0.1) is 0 Å². The summed E-state index contributed by atoms with van der Waals surface area (Å²) in [5.41, 5.74) is 7.23. The highest BCUT2D eigenvalue weighted by Crippen LogP contribution is 2.40. The van der Waals surface area contributed by atoms with Crippen LogP contribution in [0.2, 0.25) is 0 Å². The molecule has 0 saturated carbocycles. The van der Waals surface area contributed by atoms with Crippen LogP contribution in [0.15, 0.2) is 45.8 Å². The molecule has 3 heterocycles. The highest BCUT2D eigenvalue weighted by molar-refractivity contribution is 7.89. The maximum absolute atomic E-state index is 14.1. The van der Waals surface area contributed by atoms with Crippen molar-refractivity contribution in [3.63, 3.8) is 0 Å². The van der Waals surface area contributed by atoms with Gasteiger partial charge in [-0.05, 0) is 75.4 Å². The SMILES string of the molecule is Cc1ccc(C)c(N2CCN(C(=O)C3CN(S(=O)(=O)c4c(C)noc4C)C[C@H]3c3c(C)cccc3C)CC2)c1. The summed E-state index contributed by atoms with van der Waals surface area (Å²) >= 11 is 0. The predicted molar refractivity (Wildman–Crippen MR) is 152 cm³/mol. The third-order valence-corrected chi connectivity index (χ3v) is 10.5. The van der Waals surface area contributed by atoms with Crippen molar-refractivity contribution in [1.82, 2.24) is 14.4 Å². The molecule has 2 fully saturated rings. The molecule has 1 aromatic heterocycles. The Labute approximate surface area is 231 Å². The molecule has 8 nitrogen and oxygen atoms in total. The third-order valence-electron chi connectivity index (χ3n) is 8.38. The van der Waals surface area contributed by atoms with Gasteiger partial charge in [0.25, 0.3) is 0 Å². The lowest BCUT2D eigenvalue weighted by molar-refractivity contribution is -0.135. The Hall–Kier alpha value is -3.17. The second kappa shape index (κ2) is 10.4. The van der Waals surface area contributed by atoms with E-state index in [0.717, 1.165) is 29.8 Å². The standard InChI is InChI=1S/C30H38N4O4S/c1-19-10-11-20(2)27(16-19)32-12-14-33(15-13-32)30(35)26-18-34(39(36,37)29-23(5)31-38-24(29)6)17-25(26)28-21(3)8-7-9-22(28)4/h7-11,16,25-26H,12-15,17-18H2,1-6H3/t25-,26?/m1/s1. The monoisotopic (exact) mass is 550 g/mol. The molecule has 39 heavy (non-hydrogen) atoms. The highest BCUT2D eigenvalue weighted by atomic mass is 32.2. The van der Waals surface area contributed by atoms with Crippen LogP contribution < -0.4 is 4.90 Å². The number of nitrogens with zero attached hydrogens (tertiary/aromatic N) is 4. The Balaban J connectivity index is 1.42. The van der Waals surface area contributed by atoms with Gasteiger partial charge in [0.1, 0.15) is 10.6 Å². The first-order chi connectivity index (χ1) is 18.5. The number of carbonyl (C=O) groups excluding carboxylic acids is 1. The first-order valence-corrected chi connectivity index (χ1v) is 15.0. The number of aromatic nitrogens is 1. The lowest BCUT2D eigenvalue weighted by Crippen LogP contribution is -2.51. The summed E-state index contributed by atoms with van der Waals surface area (Å²) < 4.78 is 34.2. The predicted octanol–water partition coefficient (Wildman–Crippen LogP) is 4.28. The fourth-order valence-corrected chi connectivity index (χ4v) is 8.14. The Morgan fingerprint density at radius 1 is 0.897 bits per heavy atom. The molecule has 2 aromatic carbocycles. The minimum Gasteiger partial charge on any atom is -0.368 e. The molecule has 208 valence electrons. The molecule has 1 amide bonds. The molecule has 0 radical (unpaired) electrons. The second-order valence-electron chi connectivity index (χ2n) is 11.1. The molecule has 2 saturated heterocycles. The van der Waals surface area contributed by atoms with Gasteiger partial charge in [0, 0.05) is 50.9 Å². The number of anilines is 1.